The van der Waals surface area contributed by atoms with Crippen molar-refractivity contribution in [2.24, 2.45) is 10.8 Å². The van der Waals surface area contributed by atoms with E-state index in [-0.39, 0.29) is 22.6 Å². The minimum Gasteiger partial charge on any atom is -0.465 e. The number of carboxylic acid groups (broad SMARTS) is 1. The van der Waals surface area contributed by atoms with Gasteiger partial charge in [-0.2, -0.15) is 0 Å². The molecule has 212 valence electrons. The normalized spacial score (nSPS) is 23.5. The summed E-state index contributed by atoms with van der Waals surface area (Å²) in [6.45, 7) is 10.2. The first-order valence-corrected chi connectivity index (χ1v) is 14.5. The van der Waals surface area contributed by atoms with Crippen LogP contribution in [0.3, 0.4) is 0 Å². The molecule has 3 aromatic rings. The van der Waals surface area contributed by atoms with Gasteiger partial charge in [0.15, 0.2) is 0 Å². The summed E-state index contributed by atoms with van der Waals surface area (Å²) >= 11 is 0. The van der Waals surface area contributed by atoms with Gasteiger partial charge in [0.25, 0.3) is 0 Å². The summed E-state index contributed by atoms with van der Waals surface area (Å²) in [6, 6.07) is 10.3. The van der Waals surface area contributed by atoms with E-state index in [1.54, 1.807) is 11.1 Å². The number of carbonyl (C=O) groups is 3. The van der Waals surface area contributed by atoms with Gasteiger partial charge in [-0.3, -0.25) is 19.8 Å². The fourth-order valence-electron chi connectivity index (χ4n) is 8.03. The number of hydrogen-bond donors (Lipinski definition) is 2. The van der Waals surface area contributed by atoms with Crippen LogP contribution in [-0.2, 0) is 16.0 Å². The first kappa shape index (κ1) is 26.7. The average Bonchev–Trinajstić information content (AvgIpc) is 3.22. The SMILES string of the molecule is CC(C)(C)C1N(CCCc2cccc3c2c2cccnc2n3C2CCC(=O)NC2=O)CC12CCN(C(=O)O)CC2. The highest BCUT2D eigenvalue weighted by molar-refractivity contribution is 6.10. The number of carbonyl (C=O) groups excluding carboxylic acids is 2. The van der Waals surface area contributed by atoms with Crippen LogP contribution in [0.1, 0.15) is 64.5 Å². The number of benzene rings is 1. The van der Waals surface area contributed by atoms with Crippen molar-refractivity contribution in [3.8, 4) is 0 Å². The number of pyridine rings is 1. The van der Waals surface area contributed by atoms with Gasteiger partial charge in [0, 0.05) is 54.5 Å². The number of imide groups is 1. The molecule has 2 atom stereocenters. The number of nitrogens with one attached hydrogen (secondary N) is 1. The molecule has 0 radical (unpaired) electrons. The zero-order valence-corrected chi connectivity index (χ0v) is 23.7. The highest BCUT2D eigenvalue weighted by atomic mass is 16.4. The van der Waals surface area contributed by atoms with Gasteiger partial charge >= 0.3 is 6.09 Å². The van der Waals surface area contributed by atoms with E-state index in [0.717, 1.165) is 60.7 Å². The van der Waals surface area contributed by atoms with Crippen molar-refractivity contribution in [1.29, 1.82) is 0 Å². The van der Waals surface area contributed by atoms with E-state index in [9.17, 15) is 19.5 Å². The Morgan fingerprint density at radius 3 is 2.62 bits per heavy atom. The second-order valence-corrected chi connectivity index (χ2v) is 13.0. The van der Waals surface area contributed by atoms with Crippen LogP contribution < -0.4 is 5.32 Å². The van der Waals surface area contributed by atoms with E-state index < -0.39 is 12.1 Å². The average molecular weight is 546 g/mol. The van der Waals surface area contributed by atoms with Gasteiger partial charge in [-0.1, -0.05) is 32.9 Å². The molecule has 2 unspecified atom stereocenters. The Morgan fingerprint density at radius 2 is 1.93 bits per heavy atom. The predicted molar refractivity (Wildman–Crippen MR) is 153 cm³/mol. The second-order valence-electron chi connectivity index (χ2n) is 13.0. The van der Waals surface area contributed by atoms with Crippen molar-refractivity contribution >= 4 is 39.8 Å². The van der Waals surface area contributed by atoms with Crippen LogP contribution in [0.15, 0.2) is 36.5 Å². The molecule has 9 nitrogen and oxygen atoms in total. The lowest BCUT2D eigenvalue weighted by atomic mass is 9.57. The minimum absolute atomic E-state index is 0.116. The molecule has 0 bridgehead atoms. The maximum absolute atomic E-state index is 12.8. The first-order valence-electron chi connectivity index (χ1n) is 14.5. The molecule has 40 heavy (non-hydrogen) atoms. The number of aromatic nitrogens is 2. The smallest absolute Gasteiger partial charge is 0.407 e. The van der Waals surface area contributed by atoms with Crippen molar-refractivity contribution in [1.82, 2.24) is 24.7 Å². The van der Waals surface area contributed by atoms with E-state index in [1.807, 2.05) is 10.6 Å². The molecule has 6 rings (SSSR count). The highest BCUT2D eigenvalue weighted by Gasteiger charge is 2.57. The molecule has 2 aromatic heterocycles. The number of rotatable bonds is 5. The van der Waals surface area contributed by atoms with Crippen LogP contribution in [-0.4, -0.2) is 74.6 Å². The van der Waals surface area contributed by atoms with Gasteiger partial charge < -0.3 is 14.6 Å². The topological polar surface area (TPSA) is 108 Å². The number of likely N-dealkylation sites (tertiary alicyclic amines) is 2. The Morgan fingerprint density at radius 1 is 1.15 bits per heavy atom. The number of amides is 3. The first-order chi connectivity index (χ1) is 19.1. The van der Waals surface area contributed by atoms with Gasteiger partial charge in [0.2, 0.25) is 11.8 Å². The Balaban J connectivity index is 1.22. The molecule has 3 fully saturated rings. The van der Waals surface area contributed by atoms with Crippen LogP contribution in [0.2, 0.25) is 0 Å². The number of nitrogens with zero attached hydrogens (tertiary/aromatic N) is 4. The third kappa shape index (κ3) is 4.44. The molecule has 1 aromatic carbocycles. The van der Waals surface area contributed by atoms with Crippen molar-refractivity contribution < 1.29 is 19.5 Å². The van der Waals surface area contributed by atoms with Gasteiger partial charge in [-0.15, -0.1) is 0 Å². The fraction of sp³-hybridized carbons (Fsp3) is 0.548. The monoisotopic (exact) mass is 545 g/mol. The Bertz CT molecular complexity index is 1480. The maximum Gasteiger partial charge on any atom is 0.407 e. The molecule has 1 spiro atoms. The summed E-state index contributed by atoms with van der Waals surface area (Å²) in [6.07, 6.45) is 5.54. The van der Waals surface area contributed by atoms with Crippen molar-refractivity contribution in [3.05, 3.63) is 42.1 Å². The van der Waals surface area contributed by atoms with Gasteiger partial charge in [-0.05, 0) is 67.8 Å². The van der Waals surface area contributed by atoms with Crippen molar-refractivity contribution in [2.75, 3.05) is 26.2 Å². The summed E-state index contributed by atoms with van der Waals surface area (Å²) in [5.74, 6) is -0.482. The molecule has 5 heterocycles. The molecule has 0 saturated carbocycles. The number of aryl methyl sites for hydroxylation is 1. The van der Waals surface area contributed by atoms with Crippen molar-refractivity contribution in [2.45, 2.75) is 71.4 Å². The molecular formula is C31H39N5O4. The number of fused-ring (bicyclic) bond motifs is 3. The highest BCUT2D eigenvalue weighted by Crippen LogP contribution is 2.52. The van der Waals surface area contributed by atoms with E-state index in [0.29, 0.717) is 32.0 Å². The van der Waals surface area contributed by atoms with E-state index in [4.69, 9.17) is 0 Å². The third-order valence-electron chi connectivity index (χ3n) is 9.40. The van der Waals surface area contributed by atoms with Crippen molar-refractivity contribution in [3.63, 3.8) is 0 Å². The molecule has 3 aliphatic rings. The number of piperidine rings is 2. The molecule has 3 saturated heterocycles. The van der Waals surface area contributed by atoms with Crippen LogP contribution >= 0.6 is 0 Å². The summed E-state index contributed by atoms with van der Waals surface area (Å²) in [5.41, 5.74) is 3.33. The van der Waals surface area contributed by atoms with Crippen LogP contribution in [0.5, 0.6) is 0 Å². The molecule has 3 amide bonds. The van der Waals surface area contributed by atoms with Gasteiger partial charge in [-0.25, -0.2) is 9.78 Å². The van der Waals surface area contributed by atoms with E-state index >= 15 is 0 Å². The minimum atomic E-state index is -0.804. The van der Waals surface area contributed by atoms with Crippen LogP contribution in [0, 0.1) is 10.8 Å². The summed E-state index contributed by atoms with van der Waals surface area (Å²) < 4.78 is 2.02. The fourth-order valence-corrected chi connectivity index (χ4v) is 8.03. The summed E-state index contributed by atoms with van der Waals surface area (Å²) in [7, 11) is 0. The molecule has 0 aliphatic carbocycles. The summed E-state index contributed by atoms with van der Waals surface area (Å²) in [4.78, 5) is 45.0. The van der Waals surface area contributed by atoms with Crippen LogP contribution in [0.4, 0.5) is 4.79 Å². The molecule has 3 aliphatic heterocycles. The predicted octanol–water partition coefficient (Wildman–Crippen LogP) is 4.59. The van der Waals surface area contributed by atoms with Gasteiger partial charge in [0.05, 0.1) is 5.52 Å². The van der Waals surface area contributed by atoms with Gasteiger partial charge in [0.1, 0.15) is 11.7 Å². The van der Waals surface area contributed by atoms with E-state index in [2.05, 4.69) is 60.2 Å². The second kappa shape index (κ2) is 9.87. The third-order valence-corrected chi connectivity index (χ3v) is 9.40. The quantitative estimate of drug-likeness (QED) is 0.454. The molecular weight excluding hydrogens is 506 g/mol. The standard InChI is InChI=1S/C31H39N5O4/c1-30(2,3)28-31(13-17-34(18-14-31)29(39)40)19-35(28)16-6-8-20-7-4-10-22-25(20)21-9-5-15-32-26(21)36(22)23-11-12-24(37)33-27(23)38/h4-5,7,9-10,15,23,28H,6,8,11-14,16-19H2,1-3H3,(H,39,40)(H,33,37,38). The molecule has 2 N–H and O–H groups in total. The summed E-state index contributed by atoms with van der Waals surface area (Å²) in [5, 5.41) is 14.1. The number of hydrogen-bond acceptors (Lipinski definition) is 5. The molecule has 9 heteroatoms. The lowest BCUT2D eigenvalue weighted by Crippen LogP contribution is -2.71. The lowest BCUT2D eigenvalue weighted by molar-refractivity contribution is -0.149. The Kier molecular flexibility index (Phi) is 6.60. The van der Waals surface area contributed by atoms with Crippen LogP contribution in [0.25, 0.3) is 21.9 Å². The van der Waals surface area contributed by atoms with E-state index in [1.165, 1.54) is 5.56 Å². The zero-order chi connectivity index (χ0) is 28.2. The zero-order valence-electron chi connectivity index (χ0n) is 23.7. The maximum atomic E-state index is 12.8. The largest absolute Gasteiger partial charge is 0.465 e. The Hall–Kier alpha value is -3.46. The Labute approximate surface area is 234 Å². The lowest BCUT2D eigenvalue weighted by Gasteiger charge is -2.64.